The number of ether oxygens (including phenoxy) is 4. The largest absolute Gasteiger partial charge is 0.497 e. The Balaban J connectivity index is 1.76. The first-order chi connectivity index (χ1) is 14.9. The fourth-order valence-electron chi connectivity index (χ4n) is 3.03. The van der Waals surface area contributed by atoms with Gasteiger partial charge in [0.15, 0.2) is 0 Å². The van der Waals surface area contributed by atoms with E-state index in [2.05, 4.69) is 0 Å². The lowest BCUT2D eigenvalue weighted by atomic mass is 10.0. The van der Waals surface area contributed by atoms with Crippen molar-refractivity contribution in [3.05, 3.63) is 81.4 Å². The molecule has 1 aliphatic carbocycles. The lowest BCUT2D eigenvalue weighted by molar-refractivity contribution is -0.132. The molecule has 0 bridgehead atoms. The van der Waals surface area contributed by atoms with Gasteiger partial charge in [0, 0.05) is 0 Å². The Labute approximate surface area is 190 Å². The number of hydrogen-bond donors (Lipinski definition) is 1. The number of rotatable bonds is 9. The van der Waals surface area contributed by atoms with E-state index in [0.29, 0.717) is 0 Å². The summed E-state index contributed by atoms with van der Waals surface area (Å²) >= 11 is 12.8. The fourth-order valence-corrected chi connectivity index (χ4v) is 3.63. The van der Waals surface area contributed by atoms with Crippen molar-refractivity contribution in [2.75, 3.05) is 14.2 Å². The lowest BCUT2D eigenvalue weighted by Gasteiger charge is -2.30. The molecule has 0 heterocycles. The standard InChI is InChI=1S/C23H22Cl2O6/c1-28-16-7-3-14(4-8-16)12-30-21-19(24)11-18(23(26)27)20(25)22(21)31-13-15-5-9-17(29-2)10-6-15/h3-11,21-22H,12-13H2,1-2H3,(H,26,27). The van der Waals surface area contributed by atoms with Crippen LogP contribution in [0.1, 0.15) is 11.1 Å². The van der Waals surface area contributed by atoms with Crippen LogP contribution in [0, 0.1) is 0 Å². The molecule has 1 aliphatic rings. The minimum Gasteiger partial charge on any atom is -0.497 e. The van der Waals surface area contributed by atoms with Crippen LogP contribution in [-0.4, -0.2) is 37.5 Å². The third-order valence-corrected chi connectivity index (χ3v) is 5.49. The molecule has 2 atom stereocenters. The summed E-state index contributed by atoms with van der Waals surface area (Å²) in [7, 11) is 3.18. The summed E-state index contributed by atoms with van der Waals surface area (Å²) in [5.41, 5.74) is 1.64. The molecule has 164 valence electrons. The molecule has 2 aromatic rings. The molecular weight excluding hydrogens is 443 g/mol. The first-order valence-corrected chi connectivity index (χ1v) is 10.2. The maximum atomic E-state index is 11.6. The van der Waals surface area contributed by atoms with Gasteiger partial charge in [-0.1, -0.05) is 47.5 Å². The van der Waals surface area contributed by atoms with Gasteiger partial charge in [-0.25, -0.2) is 4.79 Å². The second-order valence-electron chi connectivity index (χ2n) is 6.76. The van der Waals surface area contributed by atoms with E-state index < -0.39 is 18.2 Å². The Morgan fingerprint density at radius 1 is 0.839 bits per heavy atom. The SMILES string of the molecule is COc1ccc(COC2C(Cl)=CC(C(=O)O)=C(Cl)C2OCc2ccc(OC)cc2)cc1. The summed E-state index contributed by atoms with van der Waals surface area (Å²) in [6, 6.07) is 14.7. The third-order valence-electron chi connectivity index (χ3n) is 4.74. The summed E-state index contributed by atoms with van der Waals surface area (Å²) in [5.74, 6) is 0.270. The Morgan fingerprint density at radius 2 is 1.29 bits per heavy atom. The van der Waals surface area contributed by atoms with E-state index in [-0.39, 0.29) is 28.9 Å². The third kappa shape index (κ3) is 5.80. The number of carboxylic acid groups (broad SMARTS) is 1. The van der Waals surface area contributed by atoms with Crippen LogP contribution in [0.15, 0.2) is 70.2 Å². The van der Waals surface area contributed by atoms with E-state index in [0.717, 1.165) is 22.6 Å². The highest BCUT2D eigenvalue weighted by Crippen LogP contribution is 2.35. The first kappa shape index (κ1) is 23.2. The Hall–Kier alpha value is -2.51. The highest BCUT2D eigenvalue weighted by atomic mass is 35.5. The fraction of sp³-hybridized carbons (Fsp3) is 0.261. The molecular formula is C23H22Cl2O6. The van der Waals surface area contributed by atoms with Crippen LogP contribution in [0.5, 0.6) is 11.5 Å². The van der Waals surface area contributed by atoms with Crippen LogP contribution in [0.4, 0.5) is 0 Å². The lowest BCUT2D eigenvalue weighted by Crippen LogP contribution is -2.36. The maximum absolute atomic E-state index is 11.6. The zero-order valence-electron chi connectivity index (χ0n) is 17.0. The summed E-state index contributed by atoms with van der Waals surface area (Å²) in [4.78, 5) is 11.6. The average Bonchev–Trinajstić information content (AvgIpc) is 2.79. The summed E-state index contributed by atoms with van der Waals surface area (Å²) in [5, 5.41) is 9.70. The summed E-state index contributed by atoms with van der Waals surface area (Å²) in [6.45, 7) is 0.415. The highest BCUT2D eigenvalue weighted by molar-refractivity contribution is 6.35. The molecule has 0 aromatic heterocycles. The average molecular weight is 465 g/mol. The molecule has 31 heavy (non-hydrogen) atoms. The zero-order valence-corrected chi connectivity index (χ0v) is 18.5. The van der Waals surface area contributed by atoms with Gasteiger partial charge >= 0.3 is 5.97 Å². The van der Waals surface area contributed by atoms with Crippen molar-refractivity contribution in [1.29, 1.82) is 0 Å². The smallest absolute Gasteiger partial charge is 0.337 e. The van der Waals surface area contributed by atoms with Crippen molar-refractivity contribution in [2.45, 2.75) is 25.4 Å². The molecule has 1 N–H and O–H groups in total. The quantitative estimate of drug-likeness (QED) is 0.569. The van der Waals surface area contributed by atoms with Crippen LogP contribution < -0.4 is 9.47 Å². The number of halogens is 2. The molecule has 0 amide bonds. The van der Waals surface area contributed by atoms with Gasteiger partial charge in [0.2, 0.25) is 0 Å². The van der Waals surface area contributed by atoms with E-state index in [4.69, 9.17) is 42.1 Å². The van der Waals surface area contributed by atoms with Gasteiger partial charge in [-0.2, -0.15) is 0 Å². The Bertz CT molecular complexity index is 967. The molecule has 0 saturated heterocycles. The van der Waals surface area contributed by atoms with Gasteiger partial charge in [0.1, 0.15) is 23.7 Å². The van der Waals surface area contributed by atoms with Gasteiger partial charge < -0.3 is 24.1 Å². The van der Waals surface area contributed by atoms with Crippen molar-refractivity contribution in [2.24, 2.45) is 0 Å². The van der Waals surface area contributed by atoms with Crippen LogP contribution in [0.3, 0.4) is 0 Å². The molecule has 2 aromatic carbocycles. The van der Waals surface area contributed by atoms with Crippen LogP contribution >= 0.6 is 23.2 Å². The predicted octanol–water partition coefficient (Wildman–Crippen LogP) is 4.89. The first-order valence-electron chi connectivity index (χ1n) is 9.42. The normalized spacial score (nSPS) is 18.5. The number of benzene rings is 2. The van der Waals surface area contributed by atoms with Crippen molar-refractivity contribution in [1.82, 2.24) is 0 Å². The number of hydrogen-bond acceptors (Lipinski definition) is 5. The van der Waals surface area contributed by atoms with E-state index in [1.165, 1.54) is 6.08 Å². The minimum absolute atomic E-state index is 0.0325. The predicted molar refractivity (Wildman–Crippen MR) is 118 cm³/mol. The Kier molecular flexibility index (Phi) is 7.98. The van der Waals surface area contributed by atoms with E-state index >= 15 is 0 Å². The number of methoxy groups -OCH3 is 2. The van der Waals surface area contributed by atoms with E-state index in [1.54, 1.807) is 14.2 Å². The van der Waals surface area contributed by atoms with Gasteiger partial charge in [-0.3, -0.25) is 0 Å². The van der Waals surface area contributed by atoms with Crippen molar-refractivity contribution >= 4 is 29.2 Å². The molecule has 0 fully saturated rings. The molecule has 2 unspecified atom stereocenters. The monoisotopic (exact) mass is 464 g/mol. The van der Waals surface area contributed by atoms with Crippen LogP contribution in [0.2, 0.25) is 0 Å². The zero-order chi connectivity index (χ0) is 22.4. The van der Waals surface area contributed by atoms with Crippen molar-refractivity contribution in [3.63, 3.8) is 0 Å². The van der Waals surface area contributed by atoms with Gasteiger partial charge in [-0.05, 0) is 41.5 Å². The van der Waals surface area contributed by atoms with Crippen LogP contribution in [-0.2, 0) is 27.5 Å². The molecule has 0 saturated carbocycles. The van der Waals surface area contributed by atoms with E-state index in [9.17, 15) is 9.90 Å². The minimum atomic E-state index is -1.19. The summed E-state index contributed by atoms with van der Waals surface area (Å²) < 4.78 is 22.3. The molecule has 3 rings (SSSR count). The van der Waals surface area contributed by atoms with Crippen LogP contribution in [0.25, 0.3) is 0 Å². The topological polar surface area (TPSA) is 74.2 Å². The second kappa shape index (κ2) is 10.7. The van der Waals surface area contributed by atoms with Gasteiger partial charge in [0.25, 0.3) is 0 Å². The number of carboxylic acids is 1. The summed E-state index contributed by atoms with van der Waals surface area (Å²) in [6.07, 6.45) is -0.318. The maximum Gasteiger partial charge on any atom is 0.337 e. The van der Waals surface area contributed by atoms with Crippen molar-refractivity contribution in [3.8, 4) is 11.5 Å². The molecule has 6 nitrogen and oxygen atoms in total. The number of aliphatic carboxylic acids is 1. The second-order valence-corrected chi connectivity index (χ2v) is 7.60. The Morgan fingerprint density at radius 3 is 1.71 bits per heavy atom. The van der Waals surface area contributed by atoms with Crippen molar-refractivity contribution < 1.29 is 28.8 Å². The highest BCUT2D eigenvalue weighted by Gasteiger charge is 2.36. The van der Waals surface area contributed by atoms with Gasteiger partial charge in [0.05, 0.1) is 43.1 Å². The number of carbonyl (C=O) groups is 1. The van der Waals surface area contributed by atoms with E-state index in [1.807, 2.05) is 48.5 Å². The molecule has 0 radical (unpaired) electrons. The molecule has 0 spiro atoms. The molecule has 0 aliphatic heterocycles. The molecule has 8 heteroatoms. The van der Waals surface area contributed by atoms with Gasteiger partial charge in [-0.15, -0.1) is 0 Å².